The smallest absolute Gasteiger partial charge is 0.263 e. The summed E-state index contributed by atoms with van der Waals surface area (Å²) >= 11 is 1.59. The lowest BCUT2D eigenvalue weighted by Crippen LogP contribution is -2.33. The predicted molar refractivity (Wildman–Crippen MR) is 98.2 cm³/mol. The summed E-state index contributed by atoms with van der Waals surface area (Å²) in [6.07, 6.45) is 0. The molecule has 2 aromatic rings. The zero-order valence-electron chi connectivity index (χ0n) is 13.9. The van der Waals surface area contributed by atoms with Crippen molar-refractivity contribution in [2.45, 2.75) is 24.8 Å². The van der Waals surface area contributed by atoms with Crippen molar-refractivity contribution in [2.24, 2.45) is 10.9 Å². The van der Waals surface area contributed by atoms with Gasteiger partial charge in [-0.25, -0.2) is 8.42 Å². The van der Waals surface area contributed by atoms with E-state index >= 15 is 0 Å². The molecular weight excluding hydrogens is 358 g/mol. The maximum absolute atomic E-state index is 12.3. The van der Waals surface area contributed by atoms with Crippen LogP contribution in [0.2, 0.25) is 0 Å². The molecule has 0 bridgehead atoms. The number of nitrogens with one attached hydrogen (secondary N) is 2. The van der Waals surface area contributed by atoms with Crippen LogP contribution in [0.1, 0.15) is 30.3 Å². The lowest BCUT2D eigenvalue weighted by Gasteiger charge is -2.20. The molecule has 2 heterocycles. The normalized spacial score (nSPS) is 18.0. The number of benzene rings is 1. The fraction of sp³-hybridized carbons (Fsp3) is 0.294. The number of amides is 1. The highest BCUT2D eigenvalue weighted by molar-refractivity contribution is 7.90. The van der Waals surface area contributed by atoms with E-state index in [9.17, 15) is 13.2 Å². The van der Waals surface area contributed by atoms with E-state index in [0.29, 0.717) is 5.56 Å². The fourth-order valence-electron chi connectivity index (χ4n) is 2.66. The number of carbonyl (C=O) groups is 1. The minimum Gasteiger partial charge on any atom is -0.347 e. The zero-order valence-corrected chi connectivity index (χ0v) is 15.5. The Bertz CT molecular complexity index is 903. The van der Waals surface area contributed by atoms with Crippen molar-refractivity contribution in [1.29, 1.82) is 0 Å². The van der Waals surface area contributed by atoms with Crippen LogP contribution in [0.15, 0.2) is 51.7 Å². The second-order valence-corrected chi connectivity index (χ2v) is 8.70. The highest BCUT2D eigenvalue weighted by atomic mass is 32.2. The van der Waals surface area contributed by atoms with Gasteiger partial charge in [-0.05, 0) is 29.5 Å². The first-order valence-electron chi connectivity index (χ1n) is 7.88. The first-order chi connectivity index (χ1) is 11.9. The van der Waals surface area contributed by atoms with Crippen molar-refractivity contribution in [2.75, 3.05) is 6.54 Å². The van der Waals surface area contributed by atoms with E-state index in [4.69, 9.17) is 0 Å². The lowest BCUT2D eigenvalue weighted by atomic mass is 10.0. The Balaban J connectivity index is 1.73. The van der Waals surface area contributed by atoms with Gasteiger partial charge < -0.3 is 5.32 Å². The minimum atomic E-state index is -3.59. The maximum Gasteiger partial charge on any atom is 0.263 e. The van der Waals surface area contributed by atoms with Gasteiger partial charge in [-0.1, -0.05) is 32.0 Å². The number of carbonyl (C=O) groups excluding carboxylic acids is 1. The summed E-state index contributed by atoms with van der Waals surface area (Å²) in [6, 6.07) is 10.4. The number of fused-ring (bicyclic) bond motifs is 1. The number of amidine groups is 1. The molecule has 0 radical (unpaired) electrons. The van der Waals surface area contributed by atoms with E-state index in [1.165, 1.54) is 6.07 Å². The van der Waals surface area contributed by atoms with Crippen LogP contribution in [0.25, 0.3) is 0 Å². The standard InChI is InChI=1S/C17H19N3O3S2/c1-11(2)16(13-7-5-9-24-13)19-15(21)10-18-17-12-6-3-4-8-14(12)25(22,23)20-17/h3-9,11,16H,10H2,1-2H3,(H,18,20)(H,19,21). The molecule has 3 rings (SSSR count). The number of sulfonamides is 1. The van der Waals surface area contributed by atoms with Crippen LogP contribution in [0.3, 0.4) is 0 Å². The van der Waals surface area contributed by atoms with Gasteiger partial charge in [0.1, 0.15) is 12.4 Å². The Kier molecular flexibility index (Phi) is 4.91. The molecule has 132 valence electrons. The van der Waals surface area contributed by atoms with Gasteiger partial charge in [0.2, 0.25) is 5.91 Å². The second-order valence-electron chi connectivity index (χ2n) is 6.07. The number of hydrogen-bond donors (Lipinski definition) is 2. The van der Waals surface area contributed by atoms with Crippen LogP contribution in [0.4, 0.5) is 0 Å². The average Bonchev–Trinajstić information content (AvgIpc) is 3.18. The fourth-order valence-corrected chi connectivity index (χ4v) is 4.86. The lowest BCUT2D eigenvalue weighted by molar-refractivity contribution is -0.120. The van der Waals surface area contributed by atoms with Crippen molar-refractivity contribution in [3.05, 3.63) is 52.2 Å². The Labute approximate surface area is 151 Å². The quantitative estimate of drug-likeness (QED) is 0.838. The van der Waals surface area contributed by atoms with E-state index in [-0.39, 0.29) is 35.1 Å². The van der Waals surface area contributed by atoms with Crippen molar-refractivity contribution in [3.63, 3.8) is 0 Å². The van der Waals surface area contributed by atoms with Gasteiger partial charge >= 0.3 is 0 Å². The van der Waals surface area contributed by atoms with Crippen molar-refractivity contribution < 1.29 is 13.2 Å². The molecule has 8 heteroatoms. The summed E-state index contributed by atoms with van der Waals surface area (Å²) in [5.41, 5.74) is 0.494. The Morgan fingerprint density at radius 1 is 1.24 bits per heavy atom. The molecule has 1 aliphatic heterocycles. The molecule has 1 amide bonds. The summed E-state index contributed by atoms with van der Waals surface area (Å²) in [4.78, 5) is 17.7. The summed E-state index contributed by atoms with van der Waals surface area (Å²) in [5, 5.41) is 4.95. The molecule has 0 spiro atoms. The highest BCUT2D eigenvalue weighted by Gasteiger charge is 2.30. The summed E-state index contributed by atoms with van der Waals surface area (Å²) in [5.74, 6) is 0.201. The molecular formula is C17H19N3O3S2. The van der Waals surface area contributed by atoms with E-state index in [0.717, 1.165) is 4.88 Å². The van der Waals surface area contributed by atoms with Gasteiger partial charge in [-0.15, -0.1) is 11.3 Å². The molecule has 6 nitrogen and oxygen atoms in total. The van der Waals surface area contributed by atoms with Crippen molar-refractivity contribution in [1.82, 2.24) is 10.0 Å². The van der Waals surface area contributed by atoms with Crippen molar-refractivity contribution in [3.8, 4) is 0 Å². The van der Waals surface area contributed by atoms with Crippen LogP contribution in [0.5, 0.6) is 0 Å². The van der Waals surface area contributed by atoms with Crippen LogP contribution in [-0.4, -0.2) is 26.7 Å². The first-order valence-corrected chi connectivity index (χ1v) is 10.2. The van der Waals surface area contributed by atoms with E-state index in [2.05, 4.69) is 15.0 Å². The van der Waals surface area contributed by atoms with Crippen molar-refractivity contribution >= 4 is 33.1 Å². The van der Waals surface area contributed by atoms with Gasteiger partial charge in [0.25, 0.3) is 10.0 Å². The van der Waals surface area contributed by atoms with Crippen LogP contribution < -0.4 is 10.0 Å². The monoisotopic (exact) mass is 377 g/mol. The largest absolute Gasteiger partial charge is 0.347 e. The summed E-state index contributed by atoms with van der Waals surface area (Å²) in [7, 11) is -3.59. The molecule has 0 saturated carbocycles. The maximum atomic E-state index is 12.3. The number of nitrogens with zero attached hydrogens (tertiary/aromatic N) is 1. The van der Waals surface area contributed by atoms with E-state index in [1.54, 1.807) is 29.5 Å². The molecule has 1 atom stereocenters. The average molecular weight is 377 g/mol. The number of aliphatic imine (C=N–C) groups is 1. The minimum absolute atomic E-state index is 0.0831. The first kappa shape index (κ1) is 17.6. The second kappa shape index (κ2) is 6.97. The SMILES string of the molecule is CC(C)C(NC(=O)CN=C1NS(=O)(=O)c2ccccc21)c1cccs1. The molecule has 0 fully saturated rings. The van der Waals surface area contributed by atoms with Crippen LogP contribution in [-0.2, 0) is 14.8 Å². The summed E-state index contributed by atoms with van der Waals surface area (Å²) in [6.45, 7) is 3.94. The third-order valence-corrected chi connectivity index (χ3v) is 6.23. The van der Waals surface area contributed by atoms with Gasteiger partial charge in [-0.2, -0.15) is 0 Å². The molecule has 25 heavy (non-hydrogen) atoms. The molecule has 0 aliphatic carbocycles. The Morgan fingerprint density at radius 2 is 2.00 bits per heavy atom. The van der Waals surface area contributed by atoms with Gasteiger partial charge in [0, 0.05) is 10.4 Å². The molecule has 1 unspecified atom stereocenters. The summed E-state index contributed by atoms with van der Waals surface area (Å²) < 4.78 is 26.5. The number of rotatable bonds is 5. The molecule has 0 saturated heterocycles. The highest BCUT2D eigenvalue weighted by Crippen LogP contribution is 2.26. The third kappa shape index (κ3) is 3.74. The van der Waals surface area contributed by atoms with Gasteiger partial charge in [0.15, 0.2) is 0 Å². The van der Waals surface area contributed by atoms with Gasteiger partial charge in [0.05, 0.1) is 10.9 Å². The zero-order chi connectivity index (χ0) is 18.0. The molecule has 1 aromatic heterocycles. The number of thiophene rings is 1. The van der Waals surface area contributed by atoms with E-state index in [1.807, 2.05) is 31.4 Å². The molecule has 1 aliphatic rings. The Morgan fingerprint density at radius 3 is 2.68 bits per heavy atom. The molecule has 2 N–H and O–H groups in total. The van der Waals surface area contributed by atoms with Gasteiger partial charge in [-0.3, -0.25) is 14.5 Å². The number of hydrogen-bond acceptors (Lipinski definition) is 5. The van der Waals surface area contributed by atoms with Crippen LogP contribution >= 0.6 is 11.3 Å². The Hall–Kier alpha value is -2.19. The van der Waals surface area contributed by atoms with E-state index < -0.39 is 10.0 Å². The topological polar surface area (TPSA) is 87.6 Å². The van der Waals surface area contributed by atoms with Crippen LogP contribution in [0, 0.1) is 5.92 Å². The third-order valence-electron chi connectivity index (χ3n) is 3.88. The molecule has 1 aromatic carbocycles. The predicted octanol–water partition coefficient (Wildman–Crippen LogP) is 2.30.